The second-order valence-electron chi connectivity index (χ2n) is 2.93. The van der Waals surface area contributed by atoms with Crippen molar-refractivity contribution in [1.82, 2.24) is 0 Å². The van der Waals surface area contributed by atoms with Gasteiger partial charge in [-0.05, 0) is 31.2 Å². The van der Waals surface area contributed by atoms with E-state index in [0.29, 0.717) is 10.8 Å². The van der Waals surface area contributed by atoms with Crippen LogP contribution in [0.15, 0.2) is 24.3 Å². The molecule has 0 aliphatic rings. The predicted octanol–water partition coefficient (Wildman–Crippen LogP) is 4.12. The highest BCUT2D eigenvalue weighted by Crippen LogP contribution is 2.49. The standard InChI is InChI=1S/C10H13Cl2O4P/c1-2-14-17(13,15-8-7-11)16-10-5-3-9(12)4-6-10/h3-6H,2,7-8H2,1H3. The van der Waals surface area contributed by atoms with Crippen molar-refractivity contribution in [2.45, 2.75) is 6.92 Å². The van der Waals surface area contributed by atoms with Gasteiger partial charge in [0, 0.05) is 10.9 Å². The predicted molar refractivity (Wildman–Crippen MR) is 68.0 cm³/mol. The van der Waals surface area contributed by atoms with Crippen molar-refractivity contribution in [3.8, 4) is 5.75 Å². The molecule has 1 aromatic rings. The van der Waals surface area contributed by atoms with Gasteiger partial charge in [0.15, 0.2) is 0 Å². The van der Waals surface area contributed by atoms with E-state index >= 15 is 0 Å². The maximum Gasteiger partial charge on any atom is 0.530 e. The van der Waals surface area contributed by atoms with Gasteiger partial charge in [0.05, 0.1) is 13.2 Å². The molecule has 7 heteroatoms. The molecule has 0 aromatic heterocycles. The minimum absolute atomic E-state index is 0.0897. The van der Waals surface area contributed by atoms with Crippen LogP contribution in [0, 0.1) is 0 Å². The highest BCUT2D eigenvalue weighted by Gasteiger charge is 2.27. The van der Waals surface area contributed by atoms with Crippen LogP contribution in [0.4, 0.5) is 0 Å². The Morgan fingerprint density at radius 3 is 2.41 bits per heavy atom. The number of hydrogen-bond donors (Lipinski definition) is 0. The molecule has 1 rings (SSSR count). The first kappa shape index (κ1) is 14.8. The number of rotatable bonds is 7. The maximum atomic E-state index is 12.1. The van der Waals surface area contributed by atoms with E-state index in [1.807, 2.05) is 0 Å². The third-order valence-corrected chi connectivity index (χ3v) is 3.56. The van der Waals surface area contributed by atoms with Crippen LogP contribution in [-0.4, -0.2) is 19.1 Å². The van der Waals surface area contributed by atoms with Crippen LogP contribution in [0.1, 0.15) is 6.92 Å². The fourth-order valence-corrected chi connectivity index (χ4v) is 2.52. The molecule has 0 radical (unpaired) electrons. The average molecular weight is 299 g/mol. The Morgan fingerprint density at radius 2 is 1.88 bits per heavy atom. The summed E-state index contributed by atoms with van der Waals surface area (Å²) in [5.74, 6) is 0.571. The molecule has 0 N–H and O–H groups in total. The van der Waals surface area contributed by atoms with E-state index in [0.717, 1.165) is 0 Å². The third kappa shape index (κ3) is 5.28. The average Bonchev–Trinajstić information content (AvgIpc) is 2.30. The smallest absolute Gasteiger partial charge is 0.404 e. The molecule has 0 spiro atoms. The molecule has 0 aliphatic carbocycles. The Bertz CT molecular complexity index is 382. The van der Waals surface area contributed by atoms with Gasteiger partial charge in [0.25, 0.3) is 0 Å². The lowest BCUT2D eigenvalue weighted by molar-refractivity contribution is 0.168. The second-order valence-corrected chi connectivity index (χ2v) is 5.34. The van der Waals surface area contributed by atoms with Gasteiger partial charge in [-0.25, -0.2) is 4.57 Å². The first-order valence-corrected chi connectivity index (χ1v) is 7.37. The zero-order valence-corrected chi connectivity index (χ0v) is 11.7. The van der Waals surface area contributed by atoms with Crippen molar-refractivity contribution >= 4 is 31.0 Å². The zero-order valence-electron chi connectivity index (χ0n) is 9.27. The SMILES string of the molecule is CCOP(=O)(OCCCl)Oc1ccc(Cl)cc1. The lowest BCUT2D eigenvalue weighted by atomic mass is 10.3. The number of alkyl halides is 1. The molecular weight excluding hydrogens is 286 g/mol. The first-order chi connectivity index (χ1) is 8.09. The molecule has 0 fully saturated rings. The molecule has 4 nitrogen and oxygen atoms in total. The second kappa shape index (κ2) is 7.24. The molecule has 1 unspecified atom stereocenters. The highest BCUT2D eigenvalue weighted by molar-refractivity contribution is 7.48. The molecule has 0 aliphatic heterocycles. The molecule has 0 heterocycles. The minimum atomic E-state index is -3.60. The topological polar surface area (TPSA) is 44.8 Å². The molecule has 17 heavy (non-hydrogen) atoms. The van der Waals surface area contributed by atoms with E-state index < -0.39 is 7.82 Å². The Balaban J connectivity index is 2.71. The van der Waals surface area contributed by atoms with Crippen LogP contribution in [0.5, 0.6) is 5.75 Å². The summed E-state index contributed by atoms with van der Waals surface area (Å²) in [6.07, 6.45) is 0. The van der Waals surface area contributed by atoms with E-state index in [1.54, 1.807) is 31.2 Å². The van der Waals surface area contributed by atoms with Crippen LogP contribution in [0.25, 0.3) is 0 Å². The van der Waals surface area contributed by atoms with Gasteiger partial charge in [0.1, 0.15) is 5.75 Å². The quantitative estimate of drug-likeness (QED) is 0.561. The molecule has 1 aromatic carbocycles. The molecular formula is C10H13Cl2O4P. The molecule has 0 saturated carbocycles. The Hall–Kier alpha value is -0.250. The van der Waals surface area contributed by atoms with Crippen molar-refractivity contribution in [2.75, 3.05) is 19.1 Å². The molecule has 1 atom stereocenters. The third-order valence-electron chi connectivity index (χ3n) is 1.64. The zero-order chi connectivity index (χ0) is 12.7. The van der Waals surface area contributed by atoms with E-state index in [1.165, 1.54) is 0 Å². The van der Waals surface area contributed by atoms with Crippen LogP contribution in [0.2, 0.25) is 5.02 Å². The Labute approximate surface area is 110 Å². The van der Waals surface area contributed by atoms with Crippen LogP contribution in [0.3, 0.4) is 0 Å². The van der Waals surface area contributed by atoms with Gasteiger partial charge in [-0.15, -0.1) is 11.6 Å². The van der Waals surface area contributed by atoms with Crippen LogP contribution < -0.4 is 4.52 Å². The normalized spacial score (nSPS) is 14.3. The molecule has 96 valence electrons. The monoisotopic (exact) mass is 298 g/mol. The number of phosphoric acid groups is 1. The van der Waals surface area contributed by atoms with Crippen molar-refractivity contribution in [2.24, 2.45) is 0 Å². The van der Waals surface area contributed by atoms with Gasteiger partial charge in [-0.2, -0.15) is 0 Å². The fourth-order valence-electron chi connectivity index (χ4n) is 1.02. The van der Waals surface area contributed by atoms with Crippen molar-refractivity contribution in [3.05, 3.63) is 29.3 Å². The summed E-state index contributed by atoms with van der Waals surface area (Å²) in [5, 5.41) is 0.560. The van der Waals surface area contributed by atoms with Crippen molar-refractivity contribution in [3.63, 3.8) is 0 Å². The molecule has 0 amide bonds. The number of phosphoric ester groups is 1. The lowest BCUT2D eigenvalue weighted by Gasteiger charge is -2.17. The van der Waals surface area contributed by atoms with Gasteiger partial charge in [-0.1, -0.05) is 11.6 Å². The van der Waals surface area contributed by atoms with E-state index in [-0.39, 0.29) is 19.1 Å². The van der Waals surface area contributed by atoms with Gasteiger partial charge >= 0.3 is 7.82 Å². The summed E-state index contributed by atoms with van der Waals surface area (Å²) in [4.78, 5) is 0. The highest BCUT2D eigenvalue weighted by atomic mass is 35.5. The summed E-state index contributed by atoms with van der Waals surface area (Å²) in [6.45, 7) is 2.00. The molecule has 0 saturated heterocycles. The first-order valence-electron chi connectivity index (χ1n) is 5.00. The van der Waals surface area contributed by atoms with Crippen molar-refractivity contribution in [1.29, 1.82) is 0 Å². The summed E-state index contributed by atoms with van der Waals surface area (Å²) in [7, 11) is -3.60. The van der Waals surface area contributed by atoms with E-state index in [2.05, 4.69) is 0 Å². The number of halogens is 2. The lowest BCUT2D eigenvalue weighted by Crippen LogP contribution is -2.04. The maximum absolute atomic E-state index is 12.1. The van der Waals surface area contributed by atoms with E-state index in [9.17, 15) is 4.57 Å². The fraction of sp³-hybridized carbons (Fsp3) is 0.400. The largest absolute Gasteiger partial charge is 0.530 e. The molecule has 0 bridgehead atoms. The summed E-state index contributed by atoms with van der Waals surface area (Å²) < 4.78 is 27.2. The summed E-state index contributed by atoms with van der Waals surface area (Å²) >= 11 is 11.2. The Morgan fingerprint density at radius 1 is 1.24 bits per heavy atom. The van der Waals surface area contributed by atoms with E-state index in [4.69, 9.17) is 36.8 Å². The van der Waals surface area contributed by atoms with Crippen molar-refractivity contribution < 1.29 is 18.1 Å². The van der Waals surface area contributed by atoms with Crippen LogP contribution in [-0.2, 0) is 13.6 Å². The number of benzene rings is 1. The van der Waals surface area contributed by atoms with Gasteiger partial charge in [0.2, 0.25) is 0 Å². The summed E-state index contributed by atoms with van der Waals surface area (Å²) in [6, 6.07) is 6.40. The van der Waals surface area contributed by atoms with Gasteiger partial charge < -0.3 is 4.52 Å². The minimum Gasteiger partial charge on any atom is -0.404 e. The Kier molecular flexibility index (Phi) is 6.31. The number of hydrogen-bond acceptors (Lipinski definition) is 4. The van der Waals surface area contributed by atoms with Gasteiger partial charge in [-0.3, -0.25) is 9.05 Å². The summed E-state index contributed by atoms with van der Waals surface area (Å²) in [5.41, 5.74) is 0. The van der Waals surface area contributed by atoms with Crippen LogP contribution >= 0.6 is 31.0 Å².